The summed E-state index contributed by atoms with van der Waals surface area (Å²) in [4.78, 5) is 26.6. The van der Waals surface area contributed by atoms with Crippen molar-refractivity contribution in [2.45, 2.75) is 34.1 Å². The summed E-state index contributed by atoms with van der Waals surface area (Å²) in [6.07, 6.45) is -0.170. The van der Waals surface area contributed by atoms with Crippen molar-refractivity contribution in [2.75, 3.05) is 26.7 Å². The predicted octanol–water partition coefficient (Wildman–Crippen LogP) is 5.28. The summed E-state index contributed by atoms with van der Waals surface area (Å²) in [5.74, 6) is -0.583. The van der Waals surface area contributed by atoms with Gasteiger partial charge in [-0.25, -0.2) is 0 Å². The standard InChI is InChI=1S/C19H16ClNO4.C6H15N/c1-11-15(10-18(22)23)16-9-14(25-2)7-8-17(16)21(11)19(24)12-3-5-13(20)6-4-12;1-4-7(5-2)6-3/h3-9H,10H2,1-2H3,(H,22,23);4-6H2,1-3H3. The molecule has 0 atom stereocenters. The van der Waals surface area contributed by atoms with Crippen LogP contribution in [-0.2, 0) is 11.2 Å². The number of fused-ring (bicyclic) bond motifs is 1. The number of carboxylic acids is 1. The van der Waals surface area contributed by atoms with E-state index >= 15 is 0 Å². The monoisotopic (exact) mass is 458 g/mol. The summed E-state index contributed by atoms with van der Waals surface area (Å²) in [6.45, 7) is 11.9. The Hall–Kier alpha value is -2.83. The second kappa shape index (κ2) is 11.7. The fourth-order valence-electron chi connectivity index (χ4n) is 3.62. The lowest BCUT2D eigenvalue weighted by Gasteiger charge is -2.13. The Bertz CT molecular complexity index is 1060. The number of hydrogen-bond donors (Lipinski definition) is 1. The van der Waals surface area contributed by atoms with Crippen LogP contribution in [0.25, 0.3) is 10.9 Å². The number of carbonyl (C=O) groups excluding carboxylic acids is 1. The van der Waals surface area contributed by atoms with Crippen LogP contribution < -0.4 is 4.74 Å². The molecule has 1 heterocycles. The minimum Gasteiger partial charge on any atom is -0.497 e. The molecule has 6 nitrogen and oxygen atoms in total. The average molecular weight is 459 g/mol. The topological polar surface area (TPSA) is 71.8 Å². The molecule has 172 valence electrons. The van der Waals surface area contributed by atoms with Crippen LogP contribution >= 0.6 is 11.6 Å². The van der Waals surface area contributed by atoms with Crippen LogP contribution in [0.3, 0.4) is 0 Å². The zero-order valence-electron chi connectivity index (χ0n) is 19.3. The lowest BCUT2D eigenvalue weighted by atomic mass is 10.1. The Morgan fingerprint density at radius 1 is 1.03 bits per heavy atom. The van der Waals surface area contributed by atoms with Crippen molar-refractivity contribution >= 4 is 34.4 Å². The van der Waals surface area contributed by atoms with Crippen molar-refractivity contribution in [2.24, 2.45) is 0 Å². The van der Waals surface area contributed by atoms with Crippen LogP contribution in [0.2, 0.25) is 5.02 Å². The maximum absolute atomic E-state index is 13.0. The number of ether oxygens (including phenoxy) is 1. The van der Waals surface area contributed by atoms with E-state index in [-0.39, 0.29) is 12.3 Å². The summed E-state index contributed by atoms with van der Waals surface area (Å²) < 4.78 is 6.77. The number of aromatic nitrogens is 1. The molecule has 0 bridgehead atoms. The van der Waals surface area contributed by atoms with Crippen molar-refractivity contribution in [3.63, 3.8) is 0 Å². The largest absolute Gasteiger partial charge is 0.497 e. The normalized spacial score (nSPS) is 10.7. The fourth-order valence-corrected chi connectivity index (χ4v) is 3.74. The van der Waals surface area contributed by atoms with Gasteiger partial charge in [0.15, 0.2) is 0 Å². The summed E-state index contributed by atoms with van der Waals surface area (Å²) in [6, 6.07) is 11.9. The summed E-state index contributed by atoms with van der Waals surface area (Å²) in [7, 11) is 1.54. The van der Waals surface area contributed by atoms with Crippen LogP contribution in [0, 0.1) is 6.92 Å². The van der Waals surface area contributed by atoms with Crippen molar-refractivity contribution in [1.82, 2.24) is 9.47 Å². The van der Waals surface area contributed by atoms with Gasteiger partial charge >= 0.3 is 5.97 Å². The van der Waals surface area contributed by atoms with E-state index < -0.39 is 5.97 Å². The molecule has 3 rings (SSSR count). The highest BCUT2D eigenvalue weighted by Gasteiger charge is 2.21. The molecule has 0 aliphatic carbocycles. The molecule has 0 aliphatic rings. The van der Waals surface area contributed by atoms with Gasteiger partial charge in [-0.2, -0.15) is 0 Å². The fraction of sp³-hybridized carbons (Fsp3) is 0.360. The molecule has 0 unspecified atom stereocenters. The Morgan fingerprint density at radius 3 is 2.09 bits per heavy atom. The van der Waals surface area contributed by atoms with Crippen molar-refractivity contribution in [3.8, 4) is 5.75 Å². The van der Waals surface area contributed by atoms with E-state index in [0.717, 1.165) is 0 Å². The second-order valence-electron chi connectivity index (χ2n) is 7.28. The highest BCUT2D eigenvalue weighted by atomic mass is 35.5. The highest BCUT2D eigenvalue weighted by molar-refractivity contribution is 6.30. The van der Waals surface area contributed by atoms with Gasteiger partial charge in [0.25, 0.3) is 5.91 Å². The minimum absolute atomic E-state index is 0.170. The van der Waals surface area contributed by atoms with Gasteiger partial charge in [0.2, 0.25) is 0 Å². The number of benzene rings is 2. The van der Waals surface area contributed by atoms with Gasteiger partial charge < -0.3 is 14.7 Å². The van der Waals surface area contributed by atoms with Gasteiger partial charge in [-0.3, -0.25) is 14.2 Å². The third-order valence-corrected chi connectivity index (χ3v) is 5.76. The number of aliphatic carboxylic acids is 1. The SMILES string of the molecule is CCN(CC)CC.COc1ccc2c(c1)c(CC(=O)O)c(C)n2C(=O)c1ccc(Cl)cc1. The van der Waals surface area contributed by atoms with Crippen molar-refractivity contribution in [1.29, 1.82) is 0 Å². The first-order valence-electron chi connectivity index (χ1n) is 10.7. The van der Waals surface area contributed by atoms with Crippen LogP contribution in [0.5, 0.6) is 5.75 Å². The van der Waals surface area contributed by atoms with E-state index in [1.54, 1.807) is 56.5 Å². The van der Waals surface area contributed by atoms with Gasteiger partial charge in [0.1, 0.15) is 5.75 Å². The molecule has 1 N–H and O–H groups in total. The van der Waals surface area contributed by atoms with Crippen LogP contribution in [0.15, 0.2) is 42.5 Å². The molecule has 0 radical (unpaired) electrons. The van der Waals surface area contributed by atoms with Gasteiger partial charge in [0.05, 0.1) is 19.0 Å². The first-order valence-corrected chi connectivity index (χ1v) is 11.1. The molecule has 0 saturated carbocycles. The molecule has 0 amide bonds. The zero-order chi connectivity index (χ0) is 23.8. The number of rotatable bonds is 7. The van der Waals surface area contributed by atoms with E-state index in [1.807, 2.05) is 0 Å². The van der Waals surface area contributed by atoms with Crippen molar-refractivity contribution in [3.05, 3.63) is 64.3 Å². The number of nitrogens with zero attached hydrogens (tertiary/aromatic N) is 2. The van der Waals surface area contributed by atoms with E-state index in [9.17, 15) is 14.7 Å². The van der Waals surface area contributed by atoms with E-state index in [2.05, 4.69) is 25.7 Å². The van der Waals surface area contributed by atoms with E-state index in [4.69, 9.17) is 16.3 Å². The van der Waals surface area contributed by atoms with Crippen LogP contribution in [0.1, 0.15) is 42.4 Å². The van der Waals surface area contributed by atoms with Gasteiger partial charge in [-0.1, -0.05) is 32.4 Å². The molecule has 7 heteroatoms. The highest BCUT2D eigenvalue weighted by Crippen LogP contribution is 2.30. The molecule has 0 spiro atoms. The number of halogens is 1. The number of carboxylic acid groups (broad SMARTS) is 1. The maximum Gasteiger partial charge on any atom is 0.307 e. The Labute approximate surface area is 194 Å². The molecule has 32 heavy (non-hydrogen) atoms. The average Bonchev–Trinajstić information content (AvgIpc) is 3.05. The molecular weight excluding hydrogens is 428 g/mol. The number of carbonyl (C=O) groups is 2. The number of hydrogen-bond acceptors (Lipinski definition) is 4. The summed E-state index contributed by atoms with van der Waals surface area (Å²) in [5, 5.41) is 10.5. The van der Waals surface area contributed by atoms with E-state index in [1.165, 1.54) is 24.2 Å². The predicted molar refractivity (Wildman–Crippen MR) is 129 cm³/mol. The first-order chi connectivity index (χ1) is 15.3. The molecule has 2 aromatic carbocycles. The summed E-state index contributed by atoms with van der Waals surface area (Å²) >= 11 is 5.89. The Kier molecular flexibility index (Phi) is 9.29. The van der Waals surface area contributed by atoms with Gasteiger partial charge in [-0.05, 0) is 74.6 Å². The quantitative estimate of drug-likeness (QED) is 0.521. The molecule has 0 saturated heterocycles. The van der Waals surface area contributed by atoms with E-state index in [0.29, 0.717) is 38.5 Å². The molecular formula is C25H31ClN2O4. The first kappa shape index (κ1) is 25.4. The molecule has 0 aliphatic heterocycles. The lowest BCUT2D eigenvalue weighted by molar-refractivity contribution is -0.136. The zero-order valence-corrected chi connectivity index (χ0v) is 20.1. The molecule has 1 aromatic heterocycles. The van der Waals surface area contributed by atoms with Crippen LogP contribution in [0.4, 0.5) is 0 Å². The maximum atomic E-state index is 13.0. The van der Waals surface area contributed by atoms with Gasteiger partial charge in [-0.15, -0.1) is 0 Å². The smallest absolute Gasteiger partial charge is 0.307 e. The third-order valence-electron chi connectivity index (χ3n) is 5.51. The minimum atomic E-state index is -0.955. The molecule has 3 aromatic rings. The number of methoxy groups -OCH3 is 1. The second-order valence-corrected chi connectivity index (χ2v) is 7.72. The Balaban J connectivity index is 0.000000451. The lowest BCUT2D eigenvalue weighted by Crippen LogP contribution is -2.21. The third kappa shape index (κ3) is 5.90. The van der Waals surface area contributed by atoms with Crippen molar-refractivity contribution < 1.29 is 19.4 Å². The Morgan fingerprint density at radius 2 is 1.62 bits per heavy atom. The summed E-state index contributed by atoms with van der Waals surface area (Å²) in [5.41, 5.74) is 2.32. The van der Waals surface area contributed by atoms with Crippen LogP contribution in [-0.4, -0.2) is 53.2 Å². The van der Waals surface area contributed by atoms with Gasteiger partial charge in [0, 0.05) is 21.7 Å². The molecule has 0 fully saturated rings.